The maximum Gasteiger partial charge on any atom is 0.254 e. The van der Waals surface area contributed by atoms with Gasteiger partial charge in [-0.05, 0) is 56.0 Å². The Hall–Kier alpha value is -3.02. The number of nitrogens with one attached hydrogen (secondary N) is 1. The summed E-state index contributed by atoms with van der Waals surface area (Å²) in [7, 11) is 3.12. The molecule has 154 valence electrons. The minimum absolute atomic E-state index is 0.0221. The van der Waals surface area contributed by atoms with Crippen molar-refractivity contribution in [2.45, 2.75) is 26.7 Å². The van der Waals surface area contributed by atoms with Gasteiger partial charge >= 0.3 is 0 Å². The number of amides is 2. The summed E-state index contributed by atoms with van der Waals surface area (Å²) in [6.07, 6.45) is 1.28. The molecule has 6 nitrogen and oxygen atoms in total. The maximum absolute atomic E-state index is 12.9. The normalized spacial score (nSPS) is 14.4. The summed E-state index contributed by atoms with van der Waals surface area (Å²) in [6, 6.07) is 11.1. The van der Waals surface area contributed by atoms with Crippen LogP contribution < -0.4 is 14.8 Å². The largest absolute Gasteiger partial charge is 0.497 e. The van der Waals surface area contributed by atoms with E-state index in [2.05, 4.69) is 5.32 Å². The lowest BCUT2D eigenvalue weighted by atomic mass is 9.95. The van der Waals surface area contributed by atoms with Crippen LogP contribution in [0.15, 0.2) is 36.4 Å². The van der Waals surface area contributed by atoms with Crippen LogP contribution in [0.2, 0.25) is 0 Å². The summed E-state index contributed by atoms with van der Waals surface area (Å²) in [6.45, 7) is 5.13. The lowest BCUT2D eigenvalue weighted by Crippen LogP contribution is -2.41. The van der Waals surface area contributed by atoms with E-state index in [1.807, 2.05) is 32.0 Å². The van der Waals surface area contributed by atoms with E-state index in [-0.39, 0.29) is 17.7 Å². The van der Waals surface area contributed by atoms with Crippen LogP contribution in [0.1, 0.15) is 34.3 Å². The molecule has 0 bridgehead atoms. The fourth-order valence-electron chi connectivity index (χ4n) is 3.58. The van der Waals surface area contributed by atoms with Gasteiger partial charge in [0, 0.05) is 36.3 Å². The molecule has 1 aliphatic heterocycles. The molecule has 0 spiro atoms. The van der Waals surface area contributed by atoms with Crippen LogP contribution >= 0.6 is 0 Å². The highest BCUT2D eigenvalue weighted by Gasteiger charge is 2.28. The molecule has 1 fully saturated rings. The molecule has 3 rings (SSSR count). The number of hydrogen-bond donors (Lipinski definition) is 1. The standard InChI is InChI=1S/C23H28N2O4/c1-15-6-5-7-21(16(15)2)24-22(26)17-8-10-25(11-9-17)23(27)18-12-19(28-3)14-20(13-18)29-4/h5-7,12-14,17H,8-11H2,1-4H3,(H,24,26). The molecule has 2 amide bonds. The van der Waals surface area contributed by atoms with Gasteiger partial charge in [0.1, 0.15) is 11.5 Å². The van der Waals surface area contributed by atoms with Gasteiger partial charge in [-0.3, -0.25) is 9.59 Å². The van der Waals surface area contributed by atoms with Crippen LogP contribution in [-0.2, 0) is 4.79 Å². The third-order valence-corrected chi connectivity index (χ3v) is 5.61. The number of carbonyl (C=O) groups excluding carboxylic acids is 2. The minimum Gasteiger partial charge on any atom is -0.497 e. The van der Waals surface area contributed by atoms with Crippen molar-refractivity contribution >= 4 is 17.5 Å². The zero-order chi connectivity index (χ0) is 21.0. The van der Waals surface area contributed by atoms with Crippen molar-refractivity contribution in [3.8, 4) is 11.5 Å². The van der Waals surface area contributed by atoms with Crippen LogP contribution in [0.4, 0.5) is 5.69 Å². The second-order valence-electron chi connectivity index (χ2n) is 7.40. The molecule has 6 heteroatoms. The van der Waals surface area contributed by atoms with E-state index in [1.54, 1.807) is 37.3 Å². The van der Waals surface area contributed by atoms with E-state index in [0.717, 1.165) is 16.8 Å². The molecule has 0 aliphatic carbocycles. The molecule has 1 N–H and O–H groups in total. The van der Waals surface area contributed by atoms with Crippen LogP contribution in [0, 0.1) is 19.8 Å². The molecular weight excluding hydrogens is 368 g/mol. The van der Waals surface area contributed by atoms with E-state index in [4.69, 9.17) is 9.47 Å². The lowest BCUT2D eigenvalue weighted by Gasteiger charge is -2.31. The molecule has 0 atom stereocenters. The SMILES string of the molecule is COc1cc(OC)cc(C(=O)N2CCC(C(=O)Nc3cccc(C)c3C)CC2)c1. The van der Waals surface area contributed by atoms with Gasteiger partial charge in [0.25, 0.3) is 5.91 Å². The number of piperidine rings is 1. The second-order valence-corrected chi connectivity index (χ2v) is 7.40. The van der Waals surface area contributed by atoms with E-state index in [0.29, 0.717) is 43.0 Å². The fourth-order valence-corrected chi connectivity index (χ4v) is 3.58. The van der Waals surface area contributed by atoms with Crippen LogP contribution in [0.5, 0.6) is 11.5 Å². The summed E-state index contributed by atoms with van der Waals surface area (Å²) in [5.74, 6) is 1.01. The molecule has 0 radical (unpaired) electrons. The van der Waals surface area contributed by atoms with Gasteiger partial charge in [-0.2, -0.15) is 0 Å². The topological polar surface area (TPSA) is 67.9 Å². The molecule has 2 aromatic rings. The van der Waals surface area contributed by atoms with Crippen LogP contribution in [0.25, 0.3) is 0 Å². The number of anilines is 1. The van der Waals surface area contributed by atoms with Crippen molar-refractivity contribution in [3.63, 3.8) is 0 Å². The second kappa shape index (κ2) is 8.99. The van der Waals surface area contributed by atoms with Crippen molar-refractivity contribution in [1.82, 2.24) is 4.90 Å². The van der Waals surface area contributed by atoms with Gasteiger partial charge in [-0.1, -0.05) is 12.1 Å². The highest BCUT2D eigenvalue weighted by Crippen LogP contribution is 2.26. The molecule has 2 aromatic carbocycles. The van der Waals surface area contributed by atoms with Gasteiger partial charge < -0.3 is 19.7 Å². The molecule has 1 aliphatic rings. The summed E-state index contributed by atoms with van der Waals surface area (Å²) in [4.78, 5) is 27.4. The number of methoxy groups -OCH3 is 2. The fraction of sp³-hybridized carbons (Fsp3) is 0.391. The Morgan fingerprint density at radius 3 is 2.21 bits per heavy atom. The Morgan fingerprint density at radius 1 is 1.00 bits per heavy atom. The number of hydrogen-bond acceptors (Lipinski definition) is 4. The van der Waals surface area contributed by atoms with Crippen molar-refractivity contribution in [2.24, 2.45) is 5.92 Å². The van der Waals surface area contributed by atoms with Gasteiger partial charge in [-0.15, -0.1) is 0 Å². The predicted octanol–water partition coefficient (Wildman–Crippen LogP) is 3.81. The average Bonchev–Trinajstić information content (AvgIpc) is 2.76. The van der Waals surface area contributed by atoms with Gasteiger partial charge in [-0.25, -0.2) is 0 Å². The Kier molecular flexibility index (Phi) is 6.42. The van der Waals surface area contributed by atoms with E-state index >= 15 is 0 Å². The molecule has 0 unspecified atom stereocenters. The smallest absolute Gasteiger partial charge is 0.254 e. The van der Waals surface area contributed by atoms with Crippen molar-refractivity contribution in [3.05, 3.63) is 53.1 Å². The summed E-state index contributed by atoms with van der Waals surface area (Å²) < 4.78 is 10.5. The molecule has 1 saturated heterocycles. The van der Waals surface area contributed by atoms with Crippen molar-refractivity contribution < 1.29 is 19.1 Å². The van der Waals surface area contributed by atoms with Crippen molar-refractivity contribution in [2.75, 3.05) is 32.6 Å². The minimum atomic E-state index is -0.0983. The molecule has 0 aromatic heterocycles. The molecule has 29 heavy (non-hydrogen) atoms. The first kappa shape index (κ1) is 20.7. The third-order valence-electron chi connectivity index (χ3n) is 5.61. The van der Waals surface area contributed by atoms with Crippen LogP contribution in [0.3, 0.4) is 0 Å². The number of ether oxygens (including phenoxy) is 2. The number of likely N-dealkylation sites (tertiary alicyclic amines) is 1. The Morgan fingerprint density at radius 2 is 1.62 bits per heavy atom. The zero-order valence-electron chi connectivity index (χ0n) is 17.5. The molecule has 0 saturated carbocycles. The quantitative estimate of drug-likeness (QED) is 0.834. The number of benzene rings is 2. The lowest BCUT2D eigenvalue weighted by molar-refractivity contribution is -0.121. The first-order valence-electron chi connectivity index (χ1n) is 9.82. The number of rotatable bonds is 5. The van der Waals surface area contributed by atoms with E-state index in [9.17, 15) is 9.59 Å². The zero-order valence-corrected chi connectivity index (χ0v) is 17.5. The third kappa shape index (κ3) is 4.70. The summed E-state index contributed by atoms with van der Waals surface area (Å²) >= 11 is 0. The predicted molar refractivity (Wildman–Crippen MR) is 113 cm³/mol. The van der Waals surface area contributed by atoms with Gasteiger partial charge in [0.2, 0.25) is 5.91 Å². The van der Waals surface area contributed by atoms with Gasteiger partial charge in [0.05, 0.1) is 14.2 Å². The van der Waals surface area contributed by atoms with E-state index in [1.165, 1.54) is 0 Å². The number of aryl methyl sites for hydroxylation is 1. The monoisotopic (exact) mass is 396 g/mol. The van der Waals surface area contributed by atoms with Crippen LogP contribution in [-0.4, -0.2) is 44.0 Å². The molecule has 1 heterocycles. The highest BCUT2D eigenvalue weighted by atomic mass is 16.5. The average molecular weight is 396 g/mol. The maximum atomic E-state index is 12.9. The Balaban J connectivity index is 1.62. The van der Waals surface area contributed by atoms with Crippen molar-refractivity contribution in [1.29, 1.82) is 0 Å². The first-order valence-corrected chi connectivity index (χ1v) is 9.82. The number of carbonyl (C=O) groups is 2. The molecular formula is C23H28N2O4. The van der Waals surface area contributed by atoms with E-state index < -0.39 is 0 Å². The summed E-state index contributed by atoms with van der Waals surface area (Å²) in [5, 5.41) is 3.05. The Labute approximate surface area is 171 Å². The Bertz CT molecular complexity index is 879. The number of nitrogens with zero attached hydrogens (tertiary/aromatic N) is 1. The first-order chi connectivity index (χ1) is 13.9. The highest BCUT2D eigenvalue weighted by molar-refractivity contribution is 5.96. The van der Waals surface area contributed by atoms with Gasteiger partial charge in [0.15, 0.2) is 0 Å². The summed E-state index contributed by atoms with van der Waals surface area (Å²) in [5.41, 5.74) is 3.62.